The van der Waals surface area contributed by atoms with Gasteiger partial charge in [-0.3, -0.25) is 9.59 Å². The zero-order valence-electron chi connectivity index (χ0n) is 10.5. The fourth-order valence-corrected chi connectivity index (χ4v) is 5.31. The minimum absolute atomic E-state index is 0.0434. The maximum absolute atomic E-state index is 12.4. The number of hydrogen-bond donors (Lipinski definition) is 2. The molecular weight excluding hydrogens is 304 g/mol. The van der Waals surface area contributed by atoms with Crippen molar-refractivity contribution in [2.45, 2.75) is 29.5 Å². The number of rotatable bonds is 5. The summed E-state index contributed by atoms with van der Waals surface area (Å²) in [6, 6.07) is 2.03. The molecule has 1 fully saturated rings. The highest BCUT2D eigenvalue weighted by atomic mass is 32.2. The van der Waals surface area contributed by atoms with Gasteiger partial charge in [-0.05, 0) is 25.0 Å². The van der Waals surface area contributed by atoms with Gasteiger partial charge in [0.2, 0.25) is 5.91 Å². The van der Waals surface area contributed by atoms with E-state index in [1.165, 1.54) is 12.1 Å². The summed E-state index contributed by atoms with van der Waals surface area (Å²) >= 11 is 0.906. The Labute approximate surface area is 120 Å². The molecule has 0 saturated carbocycles. The van der Waals surface area contributed by atoms with E-state index in [1.807, 2.05) is 0 Å². The Morgan fingerprint density at radius 1 is 1.45 bits per heavy atom. The molecule has 0 aliphatic carbocycles. The van der Waals surface area contributed by atoms with E-state index in [-0.39, 0.29) is 17.2 Å². The van der Waals surface area contributed by atoms with Crippen LogP contribution in [0.2, 0.25) is 0 Å². The second-order valence-electron chi connectivity index (χ2n) is 4.47. The van der Waals surface area contributed by atoms with E-state index >= 15 is 0 Å². The lowest BCUT2D eigenvalue weighted by Gasteiger charge is -2.20. The van der Waals surface area contributed by atoms with Crippen molar-refractivity contribution in [3.05, 3.63) is 17.0 Å². The van der Waals surface area contributed by atoms with Gasteiger partial charge >= 0.3 is 5.97 Å². The number of sulfonamides is 1. The van der Waals surface area contributed by atoms with E-state index in [0.717, 1.165) is 15.6 Å². The van der Waals surface area contributed by atoms with Gasteiger partial charge in [0.1, 0.15) is 10.3 Å². The molecule has 1 atom stereocenters. The van der Waals surface area contributed by atoms with Crippen LogP contribution in [-0.2, 0) is 26.0 Å². The van der Waals surface area contributed by atoms with Gasteiger partial charge in [0.25, 0.3) is 10.0 Å². The fraction of sp³-hybridized carbons (Fsp3) is 0.455. The lowest BCUT2D eigenvalue weighted by atomic mass is 10.2. The molecule has 1 aliphatic heterocycles. The highest BCUT2D eigenvalue weighted by molar-refractivity contribution is 7.91. The Hall–Kier alpha value is -1.45. The van der Waals surface area contributed by atoms with E-state index in [0.29, 0.717) is 17.7 Å². The molecule has 110 valence electrons. The summed E-state index contributed by atoms with van der Waals surface area (Å²) in [5.74, 6) is -1.68. The molecule has 3 N–H and O–H groups in total. The van der Waals surface area contributed by atoms with Gasteiger partial charge in [-0.15, -0.1) is 11.3 Å². The van der Waals surface area contributed by atoms with Crippen molar-refractivity contribution in [3.8, 4) is 0 Å². The number of carbonyl (C=O) groups excluding carboxylic acids is 1. The quantitative estimate of drug-likeness (QED) is 0.793. The number of aliphatic carboxylic acids is 1. The van der Waals surface area contributed by atoms with Gasteiger partial charge in [0.15, 0.2) is 0 Å². The van der Waals surface area contributed by atoms with Gasteiger partial charge in [0.05, 0.1) is 6.42 Å². The van der Waals surface area contributed by atoms with Crippen LogP contribution < -0.4 is 5.73 Å². The highest BCUT2D eigenvalue weighted by Gasteiger charge is 2.39. The summed E-state index contributed by atoms with van der Waals surface area (Å²) in [4.78, 5) is 22.3. The zero-order valence-corrected chi connectivity index (χ0v) is 12.1. The maximum atomic E-state index is 12.4. The Balaban J connectivity index is 2.28. The smallest absolute Gasteiger partial charge is 0.308 e. The fourth-order valence-electron chi connectivity index (χ4n) is 2.17. The van der Waals surface area contributed by atoms with Gasteiger partial charge in [-0.1, -0.05) is 0 Å². The summed E-state index contributed by atoms with van der Waals surface area (Å²) < 4.78 is 26.0. The van der Waals surface area contributed by atoms with Crippen LogP contribution in [0, 0.1) is 0 Å². The van der Waals surface area contributed by atoms with Gasteiger partial charge in [-0.2, -0.15) is 4.31 Å². The average Bonchev–Trinajstić information content (AvgIpc) is 2.95. The molecule has 9 heteroatoms. The second kappa shape index (κ2) is 5.51. The minimum Gasteiger partial charge on any atom is -0.481 e. The Kier molecular flexibility index (Phi) is 4.11. The standard InChI is InChI=1S/C11H14N2O5S2/c12-11(16)8-2-1-5-13(8)20(17,18)10-4-3-7(19-10)6-9(14)15/h3-4,8H,1-2,5-6H2,(H2,12,16)(H,14,15). The van der Waals surface area contributed by atoms with Crippen molar-refractivity contribution < 1.29 is 23.1 Å². The number of hydrogen-bond acceptors (Lipinski definition) is 5. The zero-order chi connectivity index (χ0) is 14.9. The Morgan fingerprint density at radius 3 is 2.75 bits per heavy atom. The molecule has 0 bridgehead atoms. The van der Waals surface area contributed by atoms with E-state index in [9.17, 15) is 18.0 Å². The van der Waals surface area contributed by atoms with Gasteiger partial charge < -0.3 is 10.8 Å². The summed E-state index contributed by atoms with van der Waals surface area (Å²) in [7, 11) is -3.79. The van der Waals surface area contributed by atoms with Crippen LogP contribution in [0.3, 0.4) is 0 Å². The number of thiophene rings is 1. The Morgan fingerprint density at radius 2 is 2.15 bits per heavy atom. The largest absolute Gasteiger partial charge is 0.481 e. The molecular formula is C11H14N2O5S2. The number of nitrogens with zero attached hydrogens (tertiary/aromatic N) is 1. The summed E-state index contributed by atoms with van der Waals surface area (Å²) in [5, 5.41) is 8.69. The first-order valence-electron chi connectivity index (χ1n) is 5.94. The van der Waals surface area contributed by atoms with Crippen molar-refractivity contribution in [3.63, 3.8) is 0 Å². The second-order valence-corrected chi connectivity index (χ2v) is 7.75. The third-order valence-electron chi connectivity index (χ3n) is 3.06. The first-order valence-corrected chi connectivity index (χ1v) is 8.19. The SMILES string of the molecule is NC(=O)C1CCCN1S(=O)(=O)c1ccc(CC(=O)O)s1. The molecule has 1 saturated heterocycles. The monoisotopic (exact) mass is 318 g/mol. The minimum atomic E-state index is -3.79. The van der Waals surface area contributed by atoms with Crippen LogP contribution in [0.15, 0.2) is 16.3 Å². The molecule has 2 rings (SSSR count). The lowest BCUT2D eigenvalue weighted by molar-refractivity contribution is -0.136. The van der Waals surface area contributed by atoms with Crippen LogP contribution in [0.5, 0.6) is 0 Å². The maximum Gasteiger partial charge on any atom is 0.308 e. The van der Waals surface area contributed by atoms with E-state index in [2.05, 4.69) is 0 Å². The predicted octanol–water partition coefficient (Wildman–Crippen LogP) is 0.0136. The van der Waals surface area contributed by atoms with Crippen LogP contribution >= 0.6 is 11.3 Å². The number of amides is 1. The summed E-state index contributed by atoms with van der Waals surface area (Å²) in [5.41, 5.74) is 5.21. The third-order valence-corrected chi connectivity index (χ3v) is 6.52. The molecule has 1 amide bonds. The molecule has 1 aromatic rings. The third kappa shape index (κ3) is 2.84. The van der Waals surface area contributed by atoms with Crippen LogP contribution in [0.25, 0.3) is 0 Å². The first-order chi connectivity index (χ1) is 9.32. The number of nitrogens with two attached hydrogens (primary N) is 1. The average molecular weight is 318 g/mol. The van der Waals surface area contributed by atoms with Gasteiger partial charge in [-0.25, -0.2) is 8.42 Å². The van der Waals surface area contributed by atoms with Crippen LogP contribution in [0.1, 0.15) is 17.7 Å². The van der Waals surface area contributed by atoms with Crippen LogP contribution in [-0.4, -0.2) is 42.3 Å². The summed E-state index contributed by atoms with van der Waals surface area (Å²) in [6.07, 6.45) is 0.779. The van der Waals surface area contributed by atoms with Crippen molar-refractivity contribution in [2.24, 2.45) is 5.73 Å². The molecule has 1 aliphatic rings. The van der Waals surface area contributed by atoms with Crippen molar-refractivity contribution in [2.75, 3.05) is 6.54 Å². The van der Waals surface area contributed by atoms with Crippen LogP contribution in [0.4, 0.5) is 0 Å². The van der Waals surface area contributed by atoms with Crippen molar-refractivity contribution in [1.82, 2.24) is 4.31 Å². The highest BCUT2D eigenvalue weighted by Crippen LogP contribution is 2.30. The number of carboxylic acids is 1. The normalized spacial score (nSPS) is 20.1. The molecule has 7 nitrogen and oxygen atoms in total. The molecule has 20 heavy (non-hydrogen) atoms. The van der Waals surface area contributed by atoms with Gasteiger partial charge in [0, 0.05) is 11.4 Å². The molecule has 2 heterocycles. The molecule has 1 aromatic heterocycles. The molecule has 0 radical (unpaired) electrons. The number of carbonyl (C=O) groups is 2. The Bertz CT molecular complexity index is 637. The van der Waals surface area contributed by atoms with Crippen molar-refractivity contribution >= 4 is 33.2 Å². The number of carboxylic acid groups (broad SMARTS) is 1. The molecule has 0 aromatic carbocycles. The van der Waals surface area contributed by atoms with Crippen molar-refractivity contribution in [1.29, 1.82) is 0 Å². The molecule has 0 spiro atoms. The predicted molar refractivity (Wildman–Crippen MR) is 71.8 cm³/mol. The lowest BCUT2D eigenvalue weighted by Crippen LogP contribution is -2.43. The summed E-state index contributed by atoms with van der Waals surface area (Å²) in [6.45, 7) is 0.252. The molecule has 1 unspecified atom stereocenters. The van der Waals surface area contributed by atoms with E-state index in [4.69, 9.17) is 10.8 Å². The van der Waals surface area contributed by atoms with E-state index < -0.39 is 27.9 Å². The topological polar surface area (TPSA) is 118 Å². The number of primary amides is 1. The van der Waals surface area contributed by atoms with E-state index in [1.54, 1.807) is 0 Å². The first kappa shape index (κ1) is 14.9.